The summed E-state index contributed by atoms with van der Waals surface area (Å²) in [5.74, 6) is -2.58. The van der Waals surface area contributed by atoms with E-state index in [1.807, 2.05) is 0 Å². The first kappa shape index (κ1) is 28.7. The number of carbonyl (C=O) groups is 1. The Hall–Kier alpha value is -2.82. The SMILES string of the molecule is CC(C(=O)O)C(c1ccc2c(c1F)OC1(CC2)CCN(Cc2cc(C(F)(F)F)ccc2C(F)(F)F)CC1)C1CC1. The van der Waals surface area contributed by atoms with Crippen molar-refractivity contribution in [3.05, 3.63) is 64.0 Å². The van der Waals surface area contributed by atoms with Crippen LogP contribution in [0.3, 0.4) is 0 Å². The largest absolute Gasteiger partial charge is 0.484 e. The highest BCUT2D eigenvalue weighted by Gasteiger charge is 2.44. The summed E-state index contributed by atoms with van der Waals surface area (Å²) in [5.41, 5.74) is -2.41. The first-order valence-electron chi connectivity index (χ1n) is 13.4. The quantitative estimate of drug-likeness (QED) is 0.365. The molecule has 2 fully saturated rings. The molecule has 2 aromatic carbocycles. The Balaban J connectivity index is 1.33. The fraction of sp³-hybridized carbons (Fsp3) is 0.552. The highest BCUT2D eigenvalue weighted by atomic mass is 19.4. The summed E-state index contributed by atoms with van der Waals surface area (Å²) in [7, 11) is 0. The van der Waals surface area contributed by atoms with Gasteiger partial charge in [-0.25, -0.2) is 4.39 Å². The van der Waals surface area contributed by atoms with E-state index in [9.17, 15) is 36.2 Å². The molecule has 1 saturated heterocycles. The number of fused-ring (bicyclic) bond motifs is 1. The third-order valence-electron chi connectivity index (χ3n) is 8.69. The van der Waals surface area contributed by atoms with Crippen molar-refractivity contribution in [3.8, 4) is 5.75 Å². The summed E-state index contributed by atoms with van der Waals surface area (Å²) in [6, 6.07) is 4.93. The summed E-state index contributed by atoms with van der Waals surface area (Å²) < 4.78 is 102. The van der Waals surface area contributed by atoms with Crippen molar-refractivity contribution in [2.24, 2.45) is 11.8 Å². The van der Waals surface area contributed by atoms with E-state index in [1.54, 1.807) is 24.0 Å². The zero-order valence-electron chi connectivity index (χ0n) is 21.8. The second kappa shape index (κ2) is 10.2. The minimum atomic E-state index is -4.79. The van der Waals surface area contributed by atoms with Crippen LogP contribution in [0.2, 0.25) is 0 Å². The van der Waals surface area contributed by atoms with E-state index in [4.69, 9.17) is 4.74 Å². The van der Waals surface area contributed by atoms with E-state index in [1.165, 1.54) is 0 Å². The maximum Gasteiger partial charge on any atom is 0.416 e. The number of halogens is 7. The predicted octanol–water partition coefficient (Wildman–Crippen LogP) is 7.44. The molecule has 218 valence electrons. The summed E-state index contributed by atoms with van der Waals surface area (Å²) >= 11 is 0. The van der Waals surface area contributed by atoms with Crippen LogP contribution < -0.4 is 4.74 Å². The van der Waals surface area contributed by atoms with Crippen LogP contribution >= 0.6 is 0 Å². The number of carboxylic acid groups (broad SMARTS) is 1. The van der Waals surface area contributed by atoms with Gasteiger partial charge in [-0.2, -0.15) is 26.3 Å². The van der Waals surface area contributed by atoms with Gasteiger partial charge in [0.1, 0.15) is 5.60 Å². The second-order valence-corrected chi connectivity index (χ2v) is 11.4. The molecule has 40 heavy (non-hydrogen) atoms. The van der Waals surface area contributed by atoms with Crippen LogP contribution in [-0.4, -0.2) is 34.7 Å². The molecule has 1 spiro atoms. The zero-order chi connectivity index (χ0) is 29.0. The molecule has 4 nitrogen and oxygen atoms in total. The lowest BCUT2D eigenvalue weighted by Crippen LogP contribution is -2.49. The predicted molar refractivity (Wildman–Crippen MR) is 131 cm³/mol. The monoisotopic (exact) mass is 573 g/mol. The van der Waals surface area contributed by atoms with E-state index >= 15 is 4.39 Å². The molecule has 2 atom stereocenters. The molecule has 2 unspecified atom stereocenters. The highest BCUT2D eigenvalue weighted by Crippen LogP contribution is 2.50. The van der Waals surface area contributed by atoms with Gasteiger partial charge < -0.3 is 9.84 Å². The Kier molecular flexibility index (Phi) is 7.34. The number of carboxylic acids is 1. The number of aliphatic carboxylic acids is 1. The molecule has 0 radical (unpaired) electrons. The average molecular weight is 574 g/mol. The summed E-state index contributed by atoms with van der Waals surface area (Å²) in [4.78, 5) is 13.4. The molecule has 0 amide bonds. The lowest BCUT2D eigenvalue weighted by Gasteiger charge is -2.45. The Morgan fingerprint density at radius 1 is 1.05 bits per heavy atom. The molecule has 1 saturated carbocycles. The topological polar surface area (TPSA) is 49.8 Å². The van der Waals surface area contributed by atoms with Crippen LogP contribution in [0.5, 0.6) is 5.75 Å². The highest BCUT2D eigenvalue weighted by molar-refractivity contribution is 5.71. The van der Waals surface area contributed by atoms with Gasteiger partial charge in [0, 0.05) is 25.6 Å². The van der Waals surface area contributed by atoms with Gasteiger partial charge in [0.05, 0.1) is 17.0 Å². The van der Waals surface area contributed by atoms with Crippen LogP contribution in [0.25, 0.3) is 0 Å². The number of piperidine rings is 1. The standard InChI is InChI=1S/C29H30F7NO3/c1-16(26(38)39)23(17-2-3-17)21-6-4-18-8-9-27(40-25(18)24(21)30)10-12-37(13-11-27)15-19-14-20(28(31,32)33)5-7-22(19)29(34,35)36/h4-7,14,16-17,23H,2-3,8-13,15H2,1H3,(H,38,39). The van der Waals surface area contributed by atoms with Crippen molar-refractivity contribution in [1.29, 1.82) is 0 Å². The molecule has 2 aliphatic heterocycles. The number of hydrogen-bond donors (Lipinski definition) is 1. The Morgan fingerprint density at radius 2 is 1.73 bits per heavy atom. The molecule has 0 aromatic heterocycles. The number of rotatable bonds is 6. The van der Waals surface area contributed by atoms with Gasteiger partial charge in [0.2, 0.25) is 0 Å². The number of likely N-dealkylation sites (tertiary alicyclic amines) is 1. The van der Waals surface area contributed by atoms with Crippen molar-refractivity contribution >= 4 is 5.97 Å². The Morgan fingerprint density at radius 3 is 2.30 bits per heavy atom. The number of alkyl halides is 6. The van der Waals surface area contributed by atoms with Gasteiger partial charge in [-0.3, -0.25) is 9.69 Å². The number of benzene rings is 2. The van der Waals surface area contributed by atoms with Gasteiger partial charge in [-0.05, 0) is 79.3 Å². The molecule has 2 heterocycles. The van der Waals surface area contributed by atoms with E-state index in [0.29, 0.717) is 55.0 Å². The number of hydrogen-bond acceptors (Lipinski definition) is 3. The molecule has 0 bridgehead atoms. The zero-order valence-corrected chi connectivity index (χ0v) is 21.8. The van der Waals surface area contributed by atoms with Gasteiger partial charge in [0.25, 0.3) is 0 Å². The van der Waals surface area contributed by atoms with E-state index in [2.05, 4.69) is 0 Å². The van der Waals surface area contributed by atoms with Gasteiger partial charge in [-0.15, -0.1) is 0 Å². The minimum absolute atomic E-state index is 0.0943. The first-order chi connectivity index (χ1) is 18.7. The van der Waals surface area contributed by atoms with Crippen molar-refractivity contribution in [2.45, 2.75) is 75.9 Å². The van der Waals surface area contributed by atoms with Crippen LogP contribution in [0, 0.1) is 17.7 Å². The molecule has 1 aliphatic carbocycles. The molecule has 2 aromatic rings. The van der Waals surface area contributed by atoms with E-state index in [0.717, 1.165) is 12.8 Å². The minimum Gasteiger partial charge on any atom is -0.484 e. The maximum absolute atomic E-state index is 15.9. The average Bonchev–Trinajstić information content (AvgIpc) is 3.71. The molecule has 11 heteroatoms. The normalized spacial score (nSPS) is 21.0. The van der Waals surface area contributed by atoms with E-state index in [-0.39, 0.29) is 31.3 Å². The van der Waals surface area contributed by atoms with Crippen LogP contribution in [0.15, 0.2) is 30.3 Å². The lowest BCUT2D eigenvalue weighted by atomic mass is 9.80. The summed E-state index contributed by atoms with van der Waals surface area (Å²) in [6.45, 7) is 1.81. The van der Waals surface area contributed by atoms with Gasteiger partial charge >= 0.3 is 18.3 Å². The van der Waals surface area contributed by atoms with Gasteiger partial charge in [0.15, 0.2) is 11.6 Å². The third kappa shape index (κ3) is 5.66. The number of aryl methyl sites for hydroxylation is 1. The van der Waals surface area contributed by atoms with Crippen LogP contribution in [0.4, 0.5) is 30.7 Å². The summed E-state index contributed by atoms with van der Waals surface area (Å²) in [6.07, 6.45) is -6.05. The van der Waals surface area contributed by atoms with Crippen molar-refractivity contribution < 1.29 is 45.4 Å². The van der Waals surface area contributed by atoms with Crippen LogP contribution in [0.1, 0.15) is 72.8 Å². The maximum atomic E-state index is 15.9. The summed E-state index contributed by atoms with van der Waals surface area (Å²) in [5, 5.41) is 9.59. The van der Waals surface area contributed by atoms with Crippen molar-refractivity contribution in [1.82, 2.24) is 4.90 Å². The fourth-order valence-corrected chi connectivity index (χ4v) is 6.24. The Bertz CT molecular complexity index is 1280. The van der Waals surface area contributed by atoms with Crippen LogP contribution in [-0.2, 0) is 30.1 Å². The smallest absolute Gasteiger partial charge is 0.416 e. The number of nitrogens with zero attached hydrogens (tertiary/aromatic N) is 1. The molecule has 3 aliphatic rings. The van der Waals surface area contributed by atoms with Gasteiger partial charge in [-0.1, -0.05) is 19.1 Å². The molecule has 5 rings (SSSR count). The first-order valence-corrected chi connectivity index (χ1v) is 13.4. The lowest BCUT2D eigenvalue weighted by molar-refractivity contribution is -0.142. The molecular formula is C29H30F7NO3. The second-order valence-electron chi connectivity index (χ2n) is 11.4. The van der Waals surface area contributed by atoms with Crippen molar-refractivity contribution in [3.63, 3.8) is 0 Å². The molecular weight excluding hydrogens is 543 g/mol. The third-order valence-corrected chi connectivity index (χ3v) is 8.69. The molecule has 1 N–H and O–H groups in total. The fourth-order valence-electron chi connectivity index (χ4n) is 6.24. The number of ether oxygens (including phenoxy) is 1. The van der Waals surface area contributed by atoms with E-state index < -0.39 is 58.3 Å². The van der Waals surface area contributed by atoms with Crippen molar-refractivity contribution in [2.75, 3.05) is 13.1 Å². The Labute approximate surface area is 227 Å².